The highest BCUT2D eigenvalue weighted by Gasteiger charge is 2.28. The number of thioether (sulfide) groups is 1. The van der Waals surface area contributed by atoms with Crippen molar-refractivity contribution in [1.82, 2.24) is 5.32 Å². The minimum Gasteiger partial charge on any atom is -0.299 e. The second-order valence-corrected chi connectivity index (χ2v) is 5.04. The maximum absolute atomic E-state index is 3.57. The van der Waals surface area contributed by atoms with Gasteiger partial charge in [0.2, 0.25) is 0 Å². The molecule has 1 aromatic carbocycles. The molecule has 1 saturated heterocycles. The molecule has 0 aliphatic carbocycles. The van der Waals surface area contributed by atoms with Gasteiger partial charge in [-0.05, 0) is 31.2 Å². The predicted octanol–water partition coefficient (Wildman–Crippen LogP) is 2.59. The molecule has 0 bridgehead atoms. The van der Waals surface area contributed by atoms with Gasteiger partial charge in [-0.1, -0.05) is 30.3 Å². The van der Waals surface area contributed by atoms with Gasteiger partial charge in [-0.15, -0.1) is 11.8 Å². The van der Waals surface area contributed by atoms with Crippen LogP contribution < -0.4 is 5.32 Å². The molecule has 2 rings (SSSR count). The molecule has 1 fully saturated rings. The van der Waals surface area contributed by atoms with Crippen molar-refractivity contribution >= 4 is 11.8 Å². The van der Waals surface area contributed by atoms with Crippen molar-refractivity contribution < 1.29 is 0 Å². The lowest BCUT2D eigenvalue weighted by Crippen LogP contribution is -2.40. The summed E-state index contributed by atoms with van der Waals surface area (Å²) in [4.78, 5) is 0.138. The summed E-state index contributed by atoms with van der Waals surface area (Å²) in [6.07, 6.45) is 1.28. The lowest BCUT2D eigenvalue weighted by molar-refractivity contribution is 0.505. The van der Waals surface area contributed by atoms with E-state index in [1.807, 2.05) is 11.8 Å². The van der Waals surface area contributed by atoms with Crippen LogP contribution in [0.2, 0.25) is 0 Å². The maximum atomic E-state index is 3.57. The third-order valence-electron chi connectivity index (χ3n) is 2.50. The van der Waals surface area contributed by atoms with Gasteiger partial charge in [0.05, 0.1) is 4.87 Å². The molecule has 1 N–H and O–H groups in total. The Kier molecular flexibility index (Phi) is 2.61. The molecule has 13 heavy (non-hydrogen) atoms. The molecule has 1 heterocycles. The molecule has 1 aromatic rings. The zero-order chi connectivity index (χ0) is 9.15. The van der Waals surface area contributed by atoms with Gasteiger partial charge in [-0.2, -0.15) is 0 Å². The van der Waals surface area contributed by atoms with Crippen molar-refractivity contribution in [3.05, 3.63) is 35.9 Å². The van der Waals surface area contributed by atoms with E-state index >= 15 is 0 Å². The van der Waals surface area contributed by atoms with E-state index in [1.165, 1.54) is 17.7 Å². The van der Waals surface area contributed by atoms with Crippen LogP contribution in [-0.4, -0.2) is 12.3 Å². The van der Waals surface area contributed by atoms with Crippen LogP contribution >= 0.6 is 11.8 Å². The van der Waals surface area contributed by atoms with Crippen LogP contribution in [0.1, 0.15) is 18.9 Å². The predicted molar refractivity (Wildman–Crippen MR) is 58.9 cm³/mol. The molecular weight excluding hydrogens is 178 g/mol. The van der Waals surface area contributed by atoms with E-state index in [0.717, 1.165) is 6.54 Å². The van der Waals surface area contributed by atoms with Gasteiger partial charge in [0.1, 0.15) is 0 Å². The van der Waals surface area contributed by atoms with E-state index in [-0.39, 0.29) is 4.87 Å². The number of benzene rings is 1. The molecule has 1 unspecified atom stereocenters. The summed E-state index contributed by atoms with van der Waals surface area (Å²) in [6, 6.07) is 10.7. The third kappa shape index (κ3) is 1.89. The fourth-order valence-corrected chi connectivity index (χ4v) is 2.87. The van der Waals surface area contributed by atoms with E-state index < -0.39 is 0 Å². The number of rotatable bonds is 1. The van der Waals surface area contributed by atoms with Gasteiger partial charge in [-0.3, -0.25) is 5.32 Å². The molecule has 1 aliphatic rings. The van der Waals surface area contributed by atoms with E-state index in [2.05, 4.69) is 42.6 Å². The monoisotopic (exact) mass is 193 g/mol. The number of nitrogens with one attached hydrogen (secondary N) is 1. The Balaban J connectivity index is 2.23. The standard InChI is InChI=1S/C11H15NS/c1-11(12-8-5-9-13-11)10-6-3-2-4-7-10/h2-4,6-7,12H,5,8-9H2,1H3. The zero-order valence-corrected chi connectivity index (χ0v) is 8.73. The Hall–Kier alpha value is -0.470. The van der Waals surface area contributed by atoms with Crippen LogP contribution in [0.25, 0.3) is 0 Å². The Morgan fingerprint density at radius 2 is 2.08 bits per heavy atom. The Morgan fingerprint density at radius 1 is 1.31 bits per heavy atom. The number of hydrogen-bond donors (Lipinski definition) is 1. The summed E-state index contributed by atoms with van der Waals surface area (Å²) in [5, 5.41) is 3.57. The first-order valence-corrected chi connectivity index (χ1v) is 5.74. The Bertz CT molecular complexity index is 265. The highest BCUT2D eigenvalue weighted by atomic mass is 32.2. The van der Waals surface area contributed by atoms with Crippen molar-refractivity contribution in [3.63, 3.8) is 0 Å². The van der Waals surface area contributed by atoms with Crippen molar-refractivity contribution in [2.75, 3.05) is 12.3 Å². The fraction of sp³-hybridized carbons (Fsp3) is 0.455. The second kappa shape index (κ2) is 3.72. The van der Waals surface area contributed by atoms with E-state index in [1.54, 1.807) is 0 Å². The summed E-state index contributed by atoms with van der Waals surface area (Å²) < 4.78 is 0. The highest BCUT2D eigenvalue weighted by molar-refractivity contribution is 8.00. The summed E-state index contributed by atoms with van der Waals surface area (Å²) in [5.74, 6) is 1.26. The molecule has 1 nitrogen and oxygen atoms in total. The van der Waals surface area contributed by atoms with Gasteiger partial charge in [0.15, 0.2) is 0 Å². The lowest BCUT2D eigenvalue weighted by Gasteiger charge is -2.34. The van der Waals surface area contributed by atoms with E-state index in [4.69, 9.17) is 0 Å². The number of hydrogen-bond acceptors (Lipinski definition) is 2. The van der Waals surface area contributed by atoms with Crippen LogP contribution in [0.4, 0.5) is 0 Å². The molecular formula is C11H15NS. The average Bonchev–Trinajstić information content (AvgIpc) is 2.20. The molecule has 1 aliphatic heterocycles. The van der Waals surface area contributed by atoms with Crippen LogP contribution in [0.5, 0.6) is 0 Å². The van der Waals surface area contributed by atoms with Gasteiger partial charge >= 0.3 is 0 Å². The summed E-state index contributed by atoms with van der Waals surface area (Å²) in [6.45, 7) is 3.41. The fourth-order valence-electron chi connectivity index (χ4n) is 1.67. The van der Waals surface area contributed by atoms with Crippen molar-refractivity contribution in [2.24, 2.45) is 0 Å². The molecule has 0 aromatic heterocycles. The quantitative estimate of drug-likeness (QED) is 0.735. The van der Waals surface area contributed by atoms with Gasteiger partial charge in [0.25, 0.3) is 0 Å². The van der Waals surface area contributed by atoms with Gasteiger partial charge in [0, 0.05) is 0 Å². The first kappa shape index (κ1) is 9.10. The highest BCUT2D eigenvalue weighted by Crippen LogP contribution is 2.35. The minimum absolute atomic E-state index is 0.138. The Morgan fingerprint density at radius 3 is 2.69 bits per heavy atom. The Labute approximate surface area is 83.9 Å². The molecule has 0 radical (unpaired) electrons. The van der Waals surface area contributed by atoms with E-state index in [9.17, 15) is 0 Å². The molecule has 2 heteroatoms. The minimum atomic E-state index is 0.138. The molecule has 1 atom stereocenters. The first-order valence-electron chi connectivity index (χ1n) is 4.76. The third-order valence-corrected chi connectivity index (χ3v) is 3.95. The smallest absolute Gasteiger partial charge is 0.0872 e. The van der Waals surface area contributed by atoms with Crippen LogP contribution in [-0.2, 0) is 4.87 Å². The molecule has 70 valence electrons. The van der Waals surface area contributed by atoms with Gasteiger partial charge < -0.3 is 0 Å². The van der Waals surface area contributed by atoms with Crippen molar-refractivity contribution in [1.29, 1.82) is 0 Å². The van der Waals surface area contributed by atoms with Crippen molar-refractivity contribution in [3.8, 4) is 0 Å². The lowest BCUT2D eigenvalue weighted by atomic mass is 10.1. The normalized spacial score (nSPS) is 28.7. The largest absolute Gasteiger partial charge is 0.299 e. The van der Waals surface area contributed by atoms with Gasteiger partial charge in [-0.25, -0.2) is 0 Å². The molecule has 0 saturated carbocycles. The summed E-state index contributed by atoms with van der Waals surface area (Å²) >= 11 is 2.01. The van der Waals surface area contributed by atoms with Crippen molar-refractivity contribution in [2.45, 2.75) is 18.2 Å². The second-order valence-electron chi connectivity index (χ2n) is 3.53. The molecule has 0 amide bonds. The summed E-state index contributed by atoms with van der Waals surface area (Å²) in [5.41, 5.74) is 1.39. The van der Waals surface area contributed by atoms with Crippen LogP contribution in [0, 0.1) is 0 Å². The summed E-state index contributed by atoms with van der Waals surface area (Å²) in [7, 11) is 0. The maximum Gasteiger partial charge on any atom is 0.0872 e. The van der Waals surface area contributed by atoms with Crippen LogP contribution in [0.15, 0.2) is 30.3 Å². The first-order chi connectivity index (χ1) is 6.31. The van der Waals surface area contributed by atoms with Crippen LogP contribution in [0.3, 0.4) is 0 Å². The topological polar surface area (TPSA) is 12.0 Å². The SMILES string of the molecule is CC1(c2ccccc2)NCCCS1. The van der Waals surface area contributed by atoms with E-state index in [0.29, 0.717) is 0 Å². The zero-order valence-electron chi connectivity index (χ0n) is 7.92. The molecule has 0 spiro atoms. The average molecular weight is 193 g/mol.